The van der Waals surface area contributed by atoms with Crippen molar-refractivity contribution in [3.05, 3.63) is 63.7 Å². The number of carbonyl (C=O) groups is 1. The maximum Gasteiger partial charge on any atom is 0.335 e. The van der Waals surface area contributed by atoms with Crippen molar-refractivity contribution in [2.45, 2.75) is 53.6 Å². The van der Waals surface area contributed by atoms with Gasteiger partial charge < -0.3 is 18.9 Å². The Kier molecular flexibility index (Phi) is 9.69. The third-order valence-corrected chi connectivity index (χ3v) is 6.59. The van der Waals surface area contributed by atoms with Crippen LogP contribution in [0.4, 0.5) is 0 Å². The predicted octanol–water partition coefficient (Wildman–Crippen LogP) is 5.88. The van der Waals surface area contributed by atoms with Crippen molar-refractivity contribution in [1.29, 1.82) is 0 Å². The van der Waals surface area contributed by atoms with Gasteiger partial charge in [0, 0.05) is 29.9 Å². The molecule has 0 fully saturated rings. The molecule has 1 heterocycles. The molecule has 188 valence electrons. The second-order valence-electron chi connectivity index (χ2n) is 8.38. The summed E-state index contributed by atoms with van der Waals surface area (Å²) >= 11 is 1.72. The van der Waals surface area contributed by atoms with Gasteiger partial charge in [0.25, 0.3) is 0 Å². The third kappa shape index (κ3) is 7.29. The average molecular weight is 498 g/mol. The van der Waals surface area contributed by atoms with Crippen LogP contribution >= 0.6 is 11.3 Å². The first-order chi connectivity index (χ1) is 16.8. The minimum atomic E-state index is -0.643. The number of aryl methyl sites for hydroxylation is 3. The molecule has 1 unspecified atom stereocenters. The summed E-state index contributed by atoms with van der Waals surface area (Å²) < 4.78 is 22.3. The van der Waals surface area contributed by atoms with E-state index < -0.39 is 6.10 Å². The Morgan fingerprint density at radius 2 is 1.74 bits per heavy atom. The summed E-state index contributed by atoms with van der Waals surface area (Å²) in [5, 5.41) is 1.04. The smallest absolute Gasteiger partial charge is 0.335 e. The summed E-state index contributed by atoms with van der Waals surface area (Å²) in [6.45, 7) is 11.2. The fourth-order valence-corrected chi connectivity index (χ4v) is 4.91. The molecule has 1 aromatic heterocycles. The molecule has 0 N–H and O–H groups in total. The van der Waals surface area contributed by atoms with Crippen LogP contribution in [0.25, 0.3) is 10.6 Å². The number of methoxy groups -OCH3 is 1. The van der Waals surface area contributed by atoms with Crippen molar-refractivity contribution >= 4 is 17.3 Å². The van der Waals surface area contributed by atoms with E-state index in [-0.39, 0.29) is 5.97 Å². The minimum absolute atomic E-state index is 0.323. The lowest BCUT2D eigenvalue weighted by atomic mass is 10.1. The monoisotopic (exact) mass is 497 g/mol. The highest BCUT2D eigenvalue weighted by molar-refractivity contribution is 7.15. The highest BCUT2D eigenvalue weighted by atomic mass is 32.1. The second-order valence-corrected chi connectivity index (χ2v) is 9.59. The maximum atomic E-state index is 12.2. The Bertz CT molecular complexity index is 1120. The molecular formula is C28H35NO5S. The summed E-state index contributed by atoms with van der Waals surface area (Å²) in [5.41, 5.74) is 5.60. The highest BCUT2D eigenvalue weighted by Gasteiger charge is 2.21. The van der Waals surface area contributed by atoms with Gasteiger partial charge in [0.1, 0.15) is 5.01 Å². The van der Waals surface area contributed by atoms with E-state index in [2.05, 4.69) is 39.0 Å². The van der Waals surface area contributed by atoms with Crippen LogP contribution in [-0.4, -0.2) is 44.0 Å². The second kappa shape index (κ2) is 12.7. The van der Waals surface area contributed by atoms with Crippen LogP contribution in [0.2, 0.25) is 0 Å². The first-order valence-corrected chi connectivity index (χ1v) is 12.8. The number of nitrogens with zero attached hydrogens (tertiary/aromatic N) is 1. The van der Waals surface area contributed by atoms with Crippen molar-refractivity contribution < 1.29 is 23.7 Å². The molecule has 0 aliphatic rings. The van der Waals surface area contributed by atoms with E-state index in [9.17, 15) is 4.79 Å². The van der Waals surface area contributed by atoms with Crippen molar-refractivity contribution in [3.8, 4) is 22.1 Å². The summed E-state index contributed by atoms with van der Waals surface area (Å²) in [5.74, 6) is 0.919. The van der Waals surface area contributed by atoms with E-state index >= 15 is 0 Å². The molecule has 0 aliphatic carbocycles. The first-order valence-electron chi connectivity index (χ1n) is 12.0. The third-order valence-electron chi connectivity index (χ3n) is 5.52. The molecule has 3 rings (SSSR count). The fourth-order valence-electron chi connectivity index (χ4n) is 3.96. The van der Waals surface area contributed by atoms with Gasteiger partial charge in [-0.05, 0) is 64.4 Å². The summed E-state index contributed by atoms with van der Waals surface area (Å²) in [4.78, 5) is 18.3. The molecule has 0 saturated carbocycles. The number of thiazole rings is 1. The number of benzene rings is 2. The zero-order valence-electron chi connectivity index (χ0n) is 21.5. The summed E-state index contributed by atoms with van der Waals surface area (Å²) in [6, 6.07) is 12.2. The van der Waals surface area contributed by atoms with E-state index in [1.807, 2.05) is 25.1 Å². The van der Waals surface area contributed by atoms with Crippen LogP contribution in [0.3, 0.4) is 0 Å². The molecule has 6 nitrogen and oxygen atoms in total. The standard InChI is InChI=1S/C28H35NO5S/c1-7-32-26(28(30)33-8-2)17-21-9-10-24(25(16-21)31-6)34-12-11-23-20(5)35-27(29-23)22-14-18(3)13-19(4)15-22/h9-10,13-16,26H,7-8,11-12,17H2,1-6H3. The minimum Gasteiger partial charge on any atom is -0.493 e. The van der Waals surface area contributed by atoms with Gasteiger partial charge in [-0.3, -0.25) is 0 Å². The van der Waals surface area contributed by atoms with Crippen LogP contribution in [0, 0.1) is 20.8 Å². The lowest BCUT2D eigenvalue weighted by Crippen LogP contribution is -2.29. The molecule has 2 aromatic carbocycles. The Morgan fingerprint density at radius 3 is 2.40 bits per heavy atom. The van der Waals surface area contributed by atoms with Gasteiger partial charge >= 0.3 is 5.97 Å². The van der Waals surface area contributed by atoms with Crippen LogP contribution in [0.5, 0.6) is 11.5 Å². The van der Waals surface area contributed by atoms with Crippen molar-refractivity contribution in [3.63, 3.8) is 0 Å². The maximum absolute atomic E-state index is 12.2. The summed E-state index contributed by atoms with van der Waals surface area (Å²) in [6.07, 6.45) is 0.464. The Hall–Kier alpha value is -2.90. The van der Waals surface area contributed by atoms with Gasteiger partial charge in [0.2, 0.25) is 0 Å². The van der Waals surface area contributed by atoms with E-state index in [1.54, 1.807) is 25.4 Å². The SMILES string of the molecule is CCOC(=O)C(Cc1ccc(OCCc2nc(-c3cc(C)cc(C)c3)sc2C)c(OC)c1)OCC. The molecule has 0 spiro atoms. The topological polar surface area (TPSA) is 66.9 Å². The van der Waals surface area contributed by atoms with E-state index in [1.165, 1.54) is 16.0 Å². The number of hydrogen-bond acceptors (Lipinski definition) is 7. The number of esters is 1. The van der Waals surface area contributed by atoms with Crippen molar-refractivity contribution in [2.24, 2.45) is 0 Å². The fraction of sp³-hybridized carbons (Fsp3) is 0.429. The average Bonchev–Trinajstić information content (AvgIpc) is 3.19. The Morgan fingerprint density at radius 1 is 1.00 bits per heavy atom. The molecule has 7 heteroatoms. The quantitative estimate of drug-likeness (QED) is 0.291. The van der Waals surface area contributed by atoms with Gasteiger partial charge in [-0.2, -0.15) is 0 Å². The number of aromatic nitrogens is 1. The van der Waals surface area contributed by atoms with E-state index in [4.69, 9.17) is 23.9 Å². The molecule has 0 amide bonds. The lowest BCUT2D eigenvalue weighted by molar-refractivity contribution is -0.156. The largest absolute Gasteiger partial charge is 0.493 e. The molecule has 0 aliphatic heterocycles. The number of hydrogen-bond donors (Lipinski definition) is 0. The number of ether oxygens (including phenoxy) is 4. The van der Waals surface area contributed by atoms with Gasteiger partial charge in [0.05, 0.1) is 26.0 Å². The highest BCUT2D eigenvalue weighted by Crippen LogP contribution is 2.31. The van der Waals surface area contributed by atoms with Crippen LogP contribution in [-0.2, 0) is 27.1 Å². The molecule has 1 atom stereocenters. The first kappa shape index (κ1) is 26.7. The molecule has 0 saturated heterocycles. The summed E-state index contributed by atoms with van der Waals surface area (Å²) in [7, 11) is 1.61. The molecule has 3 aromatic rings. The number of carbonyl (C=O) groups excluding carboxylic acids is 1. The van der Waals surface area contributed by atoms with Gasteiger partial charge in [-0.15, -0.1) is 11.3 Å². The molecular weight excluding hydrogens is 462 g/mol. The Labute approximate surface area is 212 Å². The van der Waals surface area contributed by atoms with Crippen molar-refractivity contribution in [2.75, 3.05) is 26.9 Å². The zero-order chi connectivity index (χ0) is 25.4. The predicted molar refractivity (Wildman–Crippen MR) is 140 cm³/mol. The lowest BCUT2D eigenvalue weighted by Gasteiger charge is -2.17. The van der Waals surface area contributed by atoms with Gasteiger partial charge in [-0.25, -0.2) is 9.78 Å². The van der Waals surface area contributed by atoms with Crippen LogP contribution < -0.4 is 9.47 Å². The van der Waals surface area contributed by atoms with Crippen LogP contribution in [0.15, 0.2) is 36.4 Å². The van der Waals surface area contributed by atoms with E-state index in [0.717, 1.165) is 21.8 Å². The molecule has 0 bridgehead atoms. The van der Waals surface area contributed by atoms with Gasteiger partial charge in [-0.1, -0.05) is 23.3 Å². The molecule has 0 radical (unpaired) electrons. The zero-order valence-corrected chi connectivity index (χ0v) is 22.3. The normalized spacial score (nSPS) is 11.8. The van der Waals surface area contributed by atoms with Crippen LogP contribution in [0.1, 0.15) is 41.1 Å². The molecule has 35 heavy (non-hydrogen) atoms. The number of rotatable bonds is 12. The van der Waals surface area contributed by atoms with Crippen molar-refractivity contribution in [1.82, 2.24) is 4.98 Å². The van der Waals surface area contributed by atoms with Gasteiger partial charge in [0.15, 0.2) is 17.6 Å². The Balaban J connectivity index is 1.65. The van der Waals surface area contributed by atoms with E-state index in [0.29, 0.717) is 44.2 Å².